The molecule has 1 fully saturated rings. The number of piperidine rings is 1. The van der Waals surface area contributed by atoms with E-state index in [2.05, 4.69) is 10.2 Å². The molecule has 0 aliphatic carbocycles. The normalized spacial score (nSPS) is 18.3. The first-order chi connectivity index (χ1) is 16.9. The van der Waals surface area contributed by atoms with Crippen LogP contribution in [0.4, 0.5) is 8.78 Å². The molecule has 0 radical (unpaired) electrons. The Kier molecular flexibility index (Phi) is 8.13. The molecular weight excluding hydrogens is 446 g/mol. The largest absolute Gasteiger partial charge is 0.496 e. The molecule has 0 unspecified atom stereocenters. The number of hydrogen-bond donors (Lipinski definition) is 1. The molecule has 1 N–H and O–H groups in total. The fourth-order valence-electron chi connectivity index (χ4n) is 4.89. The third kappa shape index (κ3) is 6.45. The minimum absolute atomic E-state index is 0.0209. The Morgan fingerprint density at radius 1 is 1.06 bits per heavy atom. The van der Waals surface area contributed by atoms with Crippen LogP contribution in [0.3, 0.4) is 0 Å². The summed E-state index contributed by atoms with van der Waals surface area (Å²) in [6.07, 6.45) is 1.38. The van der Waals surface area contributed by atoms with Gasteiger partial charge < -0.3 is 10.1 Å². The number of hydrogen-bond acceptors (Lipinski definition) is 3. The molecule has 1 aliphatic rings. The van der Waals surface area contributed by atoms with E-state index in [1.54, 1.807) is 26.2 Å². The Labute approximate surface area is 205 Å². The molecule has 0 aromatic heterocycles. The molecule has 0 saturated carbocycles. The van der Waals surface area contributed by atoms with Crippen molar-refractivity contribution in [1.82, 2.24) is 10.2 Å². The predicted octanol–water partition coefficient (Wildman–Crippen LogP) is 5.25. The molecule has 4 nitrogen and oxygen atoms in total. The van der Waals surface area contributed by atoms with E-state index in [9.17, 15) is 13.6 Å². The lowest BCUT2D eigenvalue weighted by Crippen LogP contribution is -2.45. The second-order valence-electron chi connectivity index (χ2n) is 9.31. The standard InChI is InChI=1S/C29H32F2N2O2/c1-20-15-23(9-12-27(20)31)24-16-25(19-33(18-24)17-21-7-10-26(30)11-8-21)29(34)32-14-13-22-5-3-4-6-28(22)35-2/h3-12,15,24-25H,13-14,16-19H2,1-2H3,(H,32,34)/t24-,25-/m0/s1. The number of rotatable bonds is 8. The topological polar surface area (TPSA) is 41.6 Å². The highest BCUT2D eigenvalue weighted by atomic mass is 19.1. The Bertz CT molecular complexity index is 1150. The van der Waals surface area contributed by atoms with Crippen LogP contribution in [0.25, 0.3) is 0 Å². The van der Waals surface area contributed by atoms with E-state index in [4.69, 9.17) is 4.74 Å². The highest BCUT2D eigenvalue weighted by Gasteiger charge is 2.32. The number of nitrogens with one attached hydrogen (secondary N) is 1. The summed E-state index contributed by atoms with van der Waals surface area (Å²) in [4.78, 5) is 15.4. The Morgan fingerprint density at radius 2 is 1.83 bits per heavy atom. The van der Waals surface area contributed by atoms with E-state index in [0.29, 0.717) is 38.0 Å². The first-order valence-corrected chi connectivity index (χ1v) is 12.1. The van der Waals surface area contributed by atoms with E-state index in [-0.39, 0.29) is 29.4 Å². The summed E-state index contributed by atoms with van der Waals surface area (Å²) < 4.78 is 32.7. The van der Waals surface area contributed by atoms with Gasteiger partial charge in [0.25, 0.3) is 0 Å². The van der Waals surface area contributed by atoms with Crippen molar-refractivity contribution in [3.05, 3.63) is 101 Å². The van der Waals surface area contributed by atoms with Crippen molar-refractivity contribution in [1.29, 1.82) is 0 Å². The number of carbonyl (C=O) groups is 1. The van der Waals surface area contributed by atoms with Gasteiger partial charge in [0, 0.05) is 26.2 Å². The lowest BCUT2D eigenvalue weighted by Gasteiger charge is -2.37. The van der Waals surface area contributed by atoms with E-state index in [1.165, 1.54) is 18.2 Å². The molecule has 0 spiro atoms. The Morgan fingerprint density at radius 3 is 2.57 bits per heavy atom. The fourth-order valence-corrected chi connectivity index (χ4v) is 4.89. The molecule has 1 aliphatic heterocycles. The number of halogens is 2. The number of benzene rings is 3. The van der Waals surface area contributed by atoms with Crippen molar-refractivity contribution in [3.8, 4) is 5.75 Å². The zero-order valence-corrected chi connectivity index (χ0v) is 20.3. The van der Waals surface area contributed by atoms with Crippen LogP contribution in [0.1, 0.15) is 34.6 Å². The van der Waals surface area contributed by atoms with Crippen LogP contribution in [-0.4, -0.2) is 37.6 Å². The minimum Gasteiger partial charge on any atom is -0.496 e. The van der Waals surface area contributed by atoms with Gasteiger partial charge in [-0.15, -0.1) is 0 Å². The molecular formula is C29H32F2N2O2. The first kappa shape index (κ1) is 24.9. The molecule has 1 saturated heterocycles. The van der Waals surface area contributed by atoms with Crippen molar-refractivity contribution in [2.24, 2.45) is 5.92 Å². The summed E-state index contributed by atoms with van der Waals surface area (Å²) in [6.45, 7) is 4.29. The smallest absolute Gasteiger partial charge is 0.224 e. The van der Waals surface area contributed by atoms with Crippen molar-refractivity contribution in [2.75, 3.05) is 26.7 Å². The van der Waals surface area contributed by atoms with Gasteiger partial charge in [0.2, 0.25) is 5.91 Å². The molecule has 4 rings (SSSR count). The minimum atomic E-state index is -0.264. The van der Waals surface area contributed by atoms with Crippen molar-refractivity contribution >= 4 is 5.91 Å². The van der Waals surface area contributed by atoms with E-state index in [1.807, 2.05) is 36.4 Å². The summed E-state index contributed by atoms with van der Waals surface area (Å²) in [6, 6.07) is 19.5. The van der Waals surface area contributed by atoms with Gasteiger partial charge in [0.15, 0.2) is 0 Å². The molecule has 6 heteroatoms. The van der Waals surface area contributed by atoms with Gasteiger partial charge in [-0.3, -0.25) is 9.69 Å². The molecule has 1 amide bonds. The number of amides is 1. The molecule has 184 valence electrons. The molecule has 35 heavy (non-hydrogen) atoms. The molecule has 3 aromatic rings. The molecule has 1 heterocycles. The quantitative estimate of drug-likeness (QED) is 0.481. The van der Waals surface area contributed by atoms with Gasteiger partial charge in [-0.05, 0) is 72.2 Å². The monoisotopic (exact) mass is 478 g/mol. The second-order valence-corrected chi connectivity index (χ2v) is 9.31. The Balaban J connectivity index is 1.46. The van der Waals surface area contributed by atoms with Crippen LogP contribution in [0.5, 0.6) is 5.75 Å². The first-order valence-electron chi connectivity index (χ1n) is 12.1. The van der Waals surface area contributed by atoms with Crippen LogP contribution in [0, 0.1) is 24.5 Å². The number of para-hydroxylation sites is 1. The fraction of sp³-hybridized carbons (Fsp3) is 0.345. The maximum Gasteiger partial charge on any atom is 0.224 e. The second kappa shape index (κ2) is 11.5. The van der Waals surface area contributed by atoms with Crippen molar-refractivity contribution in [2.45, 2.75) is 32.2 Å². The molecule has 0 bridgehead atoms. The van der Waals surface area contributed by atoms with Gasteiger partial charge in [0.05, 0.1) is 13.0 Å². The van der Waals surface area contributed by atoms with E-state index < -0.39 is 0 Å². The van der Waals surface area contributed by atoms with Crippen LogP contribution in [-0.2, 0) is 17.8 Å². The van der Waals surface area contributed by atoms with Crippen LogP contribution >= 0.6 is 0 Å². The van der Waals surface area contributed by atoms with Crippen LogP contribution in [0.15, 0.2) is 66.7 Å². The summed E-state index contributed by atoms with van der Waals surface area (Å²) in [7, 11) is 1.65. The average Bonchev–Trinajstić information content (AvgIpc) is 2.87. The summed E-state index contributed by atoms with van der Waals surface area (Å²) in [5, 5.41) is 3.11. The van der Waals surface area contributed by atoms with Crippen LogP contribution in [0.2, 0.25) is 0 Å². The van der Waals surface area contributed by atoms with Gasteiger partial charge in [0.1, 0.15) is 17.4 Å². The number of nitrogens with zero attached hydrogens (tertiary/aromatic N) is 1. The third-order valence-electron chi connectivity index (χ3n) is 6.76. The highest BCUT2D eigenvalue weighted by molar-refractivity contribution is 5.79. The third-order valence-corrected chi connectivity index (χ3v) is 6.76. The van der Waals surface area contributed by atoms with Crippen molar-refractivity contribution < 1.29 is 18.3 Å². The van der Waals surface area contributed by atoms with E-state index in [0.717, 1.165) is 29.0 Å². The number of methoxy groups -OCH3 is 1. The summed E-state index contributed by atoms with van der Waals surface area (Å²) >= 11 is 0. The number of carbonyl (C=O) groups excluding carboxylic acids is 1. The zero-order chi connectivity index (χ0) is 24.8. The SMILES string of the molecule is COc1ccccc1CCNC(=O)[C@H]1C[C@H](c2ccc(F)c(C)c2)CN(Cc2ccc(F)cc2)C1. The predicted molar refractivity (Wildman–Crippen MR) is 133 cm³/mol. The summed E-state index contributed by atoms with van der Waals surface area (Å²) in [5.41, 5.74) is 3.70. The number of likely N-dealkylation sites (tertiary alicyclic amines) is 1. The van der Waals surface area contributed by atoms with Gasteiger partial charge in [-0.25, -0.2) is 8.78 Å². The highest BCUT2D eigenvalue weighted by Crippen LogP contribution is 2.32. The maximum absolute atomic E-state index is 13.9. The lowest BCUT2D eigenvalue weighted by atomic mass is 9.83. The maximum atomic E-state index is 13.9. The van der Waals surface area contributed by atoms with E-state index >= 15 is 0 Å². The number of aryl methyl sites for hydroxylation is 1. The van der Waals surface area contributed by atoms with Gasteiger partial charge >= 0.3 is 0 Å². The van der Waals surface area contributed by atoms with Gasteiger partial charge in [-0.1, -0.05) is 42.5 Å². The average molecular weight is 479 g/mol. The lowest BCUT2D eigenvalue weighted by molar-refractivity contribution is -0.127. The van der Waals surface area contributed by atoms with Gasteiger partial charge in [-0.2, -0.15) is 0 Å². The zero-order valence-electron chi connectivity index (χ0n) is 20.3. The van der Waals surface area contributed by atoms with Crippen molar-refractivity contribution in [3.63, 3.8) is 0 Å². The summed E-state index contributed by atoms with van der Waals surface area (Å²) in [5.74, 6) is 0.257. The molecule has 3 aromatic carbocycles. The van der Waals surface area contributed by atoms with Crippen LogP contribution < -0.4 is 10.1 Å². The number of ether oxygens (including phenoxy) is 1. The Hall–Kier alpha value is -3.25. The molecule has 2 atom stereocenters.